The van der Waals surface area contributed by atoms with E-state index in [1.807, 2.05) is 6.08 Å². The number of ether oxygens (including phenoxy) is 1. The van der Waals surface area contributed by atoms with E-state index in [9.17, 15) is 19.8 Å². The van der Waals surface area contributed by atoms with Gasteiger partial charge in [0, 0.05) is 12.8 Å². The minimum Gasteiger partial charge on any atom is -0.466 e. The van der Waals surface area contributed by atoms with E-state index in [-0.39, 0.29) is 18.5 Å². The molecule has 0 saturated heterocycles. The smallest absolute Gasteiger partial charge is 0.305 e. The van der Waals surface area contributed by atoms with E-state index in [1.54, 1.807) is 6.08 Å². The maximum Gasteiger partial charge on any atom is 0.305 e. The molecular formula is C58H109NO5. The van der Waals surface area contributed by atoms with Crippen LogP contribution in [0, 0.1) is 0 Å². The molecule has 376 valence electrons. The molecule has 2 atom stereocenters. The van der Waals surface area contributed by atoms with Crippen molar-refractivity contribution >= 4 is 11.9 Å². The first-order valence-corrected chi connectivity index (χ1v) is 28.3. The summed E-state index contributed by atoms with van der Waals surface area (Å²) in [5.74, 6) is -0.0859. The molecule has 2 unspecified atom stereocenters. The van der Waals surface area contributed by atoms with Crippen molar-refractivity contribution in [1.82, 2.24) is 5.32 Å². The zero-order valence-corrected chi connectivity index (χ0v) is 42.8. The largest absolute Gasteiger partial charge is 0.466 e. The van der Waals surface area contributed by atoms with Gasteiger partial charge in [-0.05, 0) is 64.2 Å². The number of hydrogen-bond donors (Lipinski definition) is 3. The molecule has 0 heterocycles. The summed E-state index contributed by atoms with van der Waals surface area (Å²) in [6, 6.07) is -0.636. The molecule has 0 aliphatic carbocycles. The van der Waals surface area contributed by atoms with Gasteiger partial charge in [-0.1, -0.05) is 256 Å². The molecule has 0 bridgehead atoms. The fourth-order valence-electron chi connectivity index (χ4n) is 8.55. The summed E-state index contributed by atoms with van der Waals surface area (Å²) in [7, 11) is 0. The average molecular weight is 901 g/mol. The van der Waals surface area contributed by atoms with Crippen molar-refractivity contribution < 1.29 is 24.5 Å². The van der Waals surface area contributed by atoms with Gasteiger partial charge in [-0.3, -0.25) is 9.59 Å². The number of unbranched alkanes of at least 4 members (excludes halogenated alkanes) is 37. The molecule has 0 rings (SSSR count). The number of hydrogen-bond acceptors (Lipinski definition) is 5. The fraction of sp³-hybridized carbons (Fsp3) is 0.862. The molecule has 6 nitrogen and oxygen atoms in total. The van der Waals surface area contributed by atoms with Crippen LogP contribution in [0.15, 0.2) is 36.5 Å². The predicted molar refractivity (Wildman–Crippen MR) is 278 cm³/mol. The van der Waals surface area contributed by atoms with Gasteiger partial charge in [0.05, 0.1) is 25.4 Å². The third kappa shape index (κ3) is 49.5. The Morgan fingerprint density at radius 3 is 1.22 bits per heavy atom. The van der Waals surface area contributed by atoms with Crippen molar-refractivity contribution in [2.75, 3.05) is 13.2 Å². The van der Waals surface area contributed by atoms with Crippen LogP contribution in [0.1, 0.15) is 296 Å². The van der Waals surface area contributed by atoms with Crippen LogP contribution in [-0.4, -0.2) is 47.4 Å². The average Bonchev–Trinajstić information content (AvgIpc) is 3.29. The van der Waals surface area contributed by atoms with Gasteiger partial charge in [-0.15, -0.1) is 0 Å². The molecule has 6 heteroatoms. The highest BCUT2D eigenvalue weighted by atomic mass is 16.5. The number of nitrogens with one attached hydrogen (secondary N) is 1. The predicted octanol–water partition coefficient (Wildman–Crippen LogP) is 17.2. The van der Waals surface area contributed by atoms with Gasteiger partial charge in [-0.2, -0.15) is 0 Å². The lowest BCUT2D eigenvalue weighted by molar-refractivity contribution is -0.143. The Morgan fingerprint density at radius 2 is 0.781 bits per heavy atom. The quantitative estimate of drug-likeness (QED) is 0.0321. The minimum absolute atomic E-state index is 0.00742. The molecule has 3 N–H and O–H groups in total. The first kappa shape index (κ1) is 62.1. The molecule has 0 spiro atoms. The first-order valence-electron chi connectivity index (χ1n) is 28.3. The van der Waals surface area contributed by atoms with E-state index in [1.165, 1.54) is 205 Å². The summed E-state index contributed by atoms with van der Waals surface area (Å²) in [5, 5.41) is 23.1. The van der Waals surface area contributed by atoms with E-state index >= 15 is 0 Å². The second-order valence-electron chi connectivity index (χ2n) is 19.3. The second-order valence-corrected chi connectivity index (χ2v) is 19.3. The van der Waals surface area contributed by atoms with E-state index in [0.29, 0.717) is 19.4 Å². The van der Waals surface area contributed by atoms with Gasteiger partial charge >= 0.3 is 5.97 Å². The zero-order valence-electron chi connectivity index (χ0n) is 42.8. The summed E-state index contributed by atoms with van der Waals surface area (Å²) in [6.07, 6.45) is 65.8. The molecule has 0 aliphatic heterocycles. The molecule has 0 fully saturated rings. The summed E-state index contributed by atoms with van der Waals surface area (Å²) in [4.78, 5) is 24.5. The van der Waals surface area contributed by atoms with Gasteiger partial charge < -0.3 is 20.3 Å². The van der Waals surface area contributed by atoms with Crippen molar-refractivity contribution in [3.63, 3.8) is 0 Å². The van der Waals surface area contributed by atoms with Crippen LogP contribution < -0.4 is 5.32 Å². The number of amides is 1. The third-order valence-corrected chi connectivity index (χ3v) is 12.9. The lowest BCUT2D eigenvalue weighted by atomic mass is 10.0. The summed E-state index contributed by atoms with van der Waals surface area (Å²) >= 11 is 0. The molecule has 1 amide bonds. The van der Waals surface area contributed by atoms with Gasteiger partial charge in [0.1, 0.15) is 0 Å². The van der Waals surface area contributed by atoms with Crippen molar-refractivity contribution in [1.29, 1.82) is 0 Å². The summed E-state index contributed by atoms with van der Waals surface area (Å²) in [5.41, 5.74) is 0. The highest BCUT2D eigenvalue weighted by Crippen LogP contribution is 2.16. The maximum atomic E-state index is 12.4. The van der Waals surface area contributed by atoms with Crippen molar-refractivity contribution in [3.8, 4) is 0 Å². The Hall–Kier alpha value is -1.92. The first-order chi connectivity index (χ1) is 31.5. The van der Waals surface area contributed by atoms with Crippen LogP contribution in [0.25, 0.3) is 0 Å². The Kier molecular flexibility index (Phi) is 52.1. The molecule has 0 aromatic rings. The lowest BCUT2D eigenvalue weighted by Crippen LogP contribution is -2.45. The molecular weight excluding hydrogens is 791 g/mol. The van der Waals surface area contributed by atoms with Crippen LogP contribution in [0.4, 0.5) is 0 Å². The zero-order chi connectivity index (χ0) is 46.5. The molecule has 0 radical (unpaired) electrons. The van der Waals surface area contributed by atoms with Crippen LogP contribution in [0.2, 0.25) is 0 Å². The molecule has 0 aromatic carbocycles. The number of allylic oxidation sites excluding steroid dienone is 5. The minimum atomic E-state index is -0.851. The molecule has 0 aromatic heterocycles. The number of carbonyl (C=O) groups is 2. The Bertz CT molecular complexity index is 1040. The highest BCUT2D eigenvalue weighted by molar-refractivity contribution is 5.76. The van der Waals surface area contributed by atoms with E-state index in [0.717, 1.165) is 64.2 Å². The molecule has 0 aliphatic rings. The SMILES string of the molecule is CCCCC/C=C\C/C=C\CCCCCCCCCCCC(=O)OCCCCCCCCCCCCCCCCC(=O)NC(CO)C(O)/C=C/CCCCCCCCCCCCCC. The monoisotopic (exact) mass is 900 g/mol. The van der Waals surface area contributed by atoms with E-state index in [2.05, 4.69) is 43.5 Å². The van der Waals surface area contributed by atoms with Crippen molar-refractivity contribution in [3.05, 3.63) is 36.5 Å². The Labute approximate surface area is 398 Å². The number of esters is 1. The molecule has 0 saturated carbocycles. The van der Waals surface area contributed by atoms with E-state index < -0.39 is 12.1 Å². The third-order valence-electron chi connectivity index (χ3n) is 12.9. The Morgan fingerprint density at radius 1 is 0.438 bits per heavy atom. The topological polar surface area (TPSA) is 95.9 Å². The van der Waals surface area contributed by atoms with Crippen LogP contribution in [0.3, 0.4) is 0 Å². The van der Waals surface area contributed by atoms with Gasteiger partial charge in [0.25, 0.3) is 0 Å². The second kappa shape index (κ2) is 53.7. The number of carbonyl (C=O) groups excluding carboxylic acids is 2. The van der Waals surface area contributed by atoms with E-state index in [4.69, 9.17) is 4.74 Å². The summed E-state index contributed by atoms with van der Waals surface area (Å²) in [6.45, 7) is 4.86. The maximum absolute atomic E-state index is 12.4. The van der Waals surface area contributed by atoms with Crippen molar-refractivity contribution in [2.45, 2.75) is 309 Å². The number of aliphatic hydroxyl groups excluding tert-OH is 2. The standard InChI is InChI=1S/C58H109NO5/c1-3-5-7-9-11-13-15-17-19-20-21-22-23-28-32-36-40-44-48-52-58(63)64-53-49-45-41-37-33-29-25-24-27-31-35-39-43-47-51-57(62)59-55(54-60)56(61)50-46-42-38-34-30-26-18-16-14-12-10-8-6-4-2/h11,13,17,19,46,50,55-56,60-61H,3-10,12,14-16,18,20-45,47-49,51-54H2,1-2H3,(H,59,62)/b13-11-,19-17-,50-46+. The number of aliphatic hydroxyl groups is 2. The van der Waals surface area contributed by atoms with Crippen LogP contribution >= 0.6 is 0 Å². The van der Waals surface area contributed by atoms with Gasteiger partial charge in [-0.25, -0.2) is 0 Å². The normalized spacial score (nSPS) is 12.9. The summed E-state index contributed by atoms with van der Waals surface area (Å²) < 4.78 is 5.48. The highest BCUT2D eigenvalue weighted by Gasteiger charge is 2.18. The van der Waals surface area contributed by atoms with Gasteiger partial charge in [0.2, 0.25) is 5.91 Å². The lowest BCUT2D eigenvalue weighted by Gasteiger charge is -2.20. The fourth-order valence-corrected chi connectivity index (χ4v) is 8.55. The Balaban J connectivity index is 3.45. The number of rotatable bonds is 52. The molecule has 64 heavy (non-hydrogen) atoms. The van der Waals surface area contributed by atoms with Crippen molar-refractivity contribution in [2.24, 2.45) is 0 Å². The van der Waals surface area contributed by atoms with Crippen LogP contribution in [-0.2, 0) is 14.3 Å². The van der Waals surface area contributed by atoms with Crippen LogP contribution in [0.5, 0.6) is 0 Å². The van der Waals surface area contributed by atoms with Gasteiger partial charge in [0.15, 0.2) is 0 Å².